The van der Waals surface area contributed by atoms with Gasteiger partial charge in [0, 0.05) is 17.6 Å². The molecule has 0 radical (unpaired) electrons. The zero-order valence-electron chi connectivity index (χ0n) is 21.3. The molecule has 0 aliphatic carbocycles. The molecule has 2 amide bonds. The van der Waals surface area contributed by atoms with Gasteiger partial charge in [-0.3, -0.25) is 13.9 Å². The number of nitrogens with zero attached hydrogens (tertiary/aromatic N) is 2. The molecule has 7 nitrogen and oxygen atoms in total. The van der Waals surface area contributed by atoms with E-state index in [1.54, 1.807) is 25.1 Å². The number of aryl methyl sites for hydroxylation is 2. The summed E-state index contributed by atoms with van der Waals surface area (Å²) in [4.78, 5) is 28.3. The minimum Gasteiger partial charge on any atom is -0.352 e. The maximum absolute atomic E-state index is 13.7. The molecule has 192 valence electrons. The highest BCUT2D eigenvalue weighted by atomic mass is 35.5. The lowest BCUT2D eigenvalue weighted by molar-refractivity contribution is -0.140. The van der Waals surface area contributed by atoms with Crippen LogP contribution in [0, 0.1) is 13.8 Å². The maximum atomic E-state index is 13.7. The molecular formula is C26H36ClN3O4S. The average Bonchev–Trinajstić information content (AvgIpc) is 2.78. The highest BCUT2D eigenvalue weighted by Gasteiger charge is 2.32. The van der Waals surface area contributed by atoms with Crippen molar-refractivity contribution >= 4 is 39.1 Å². The van der Waals surface area contributed by atoms with E-state index >= 15 is 0 Å². The zero-order valence-corrected chi connectivity index (χ0v) is 22.9. The first-order chi connectivity index (χ1) is 16.4. The van der Waals surface area contributed by atoms with Crippen molar-refractivity contribution in [3.63, 3.8) is 0 Å². The van der Waals surface area contributed by atoms with Crippen LogP contribution in [0.3, 0.4) is 0 Å². The van der Waals surface area contributed by atoms with Crippen LogP contribution >= 0.6 is 11.6 Å². The summed E-state index contributed by atoms with van der Waals surface area (Å²) in [7, 11) is -3.79. The number of hydrogen-bond donors (Lipinski definition) is 1. The average molecular weight is 522 g/mol. The monoisotopic (exact) mass is 521 g/mol. The molecule has 1 N–H and O–H groups in total. The molecule has 0 saturated carbocycles. The number of nitrogens with one attached hydrogen (secondary N) is 1. The molecule has 0 saturated heterocycles. The molecule has 2 atom stereocenters. The molecule has 0 aliphatic rings. The lowest BCUT2D eigenvalue weighted by Gasteiger charge is -2.33. The molecular weight excluding hydrogens is 486 g/mol. The largest absolute Gasteiger partial charge is 0.352 e. The zero-order chi connectivity index (χ0) is 26.3. The Morgan fingerprint density at radius 2 is 1.66 bits per heavy atom. The summed E-state index contributed by atoms with van der Waals surface area (Å²) in [5, 5.41) is 3.43. The van der Waals surface area contributed by atoms with Crippen molar-refractivity contribution in [3.8, 4) is 0 Å². The Morgan fingerprint density at radius 1 is 1.03 bits per heavy atom. The maximum Gasteiger partial charge on any atom is 0.244 e. The molecule has 0 aliphatic heterocycles. The second kappa shape index (κ2) is 12.4. The molecule has 0 heterocycles. The lowest BCUT2D eigenvalue weighted by atomic mass is 10.1. The molecule has 0 spiro atoms. The van der Waals surface area contributed by atoms with Crippen molar-refractivity contribution < 1.29 is 18.0 Å². The van der Waals surface area contributed by atoms with Crippen LogP contribution in [-0.4, -0.2) is 50.0 Å². The summed E-state index contributed by atoms with van der Waals surface area (Å²) in [6, 6.07) is 11.7. The Hall–Kier alpha value is -2.58. The molecule has 0 aromatic heterocycles. The molecule has 35 heavy (non-hydrogen) atoms. The first-order valence-electron chi connectivity index (χ1n) is 11.8. The van der Waals surface area contributed by atoms with Gasteiger partial charge in [0.15, 0.2) is 0 Å². The first-order valence-corrected chi connectivity index (χ1v) is 14.0. The van der Waals surface area contributed by atoms with Gasteiger partial charge < -0.3 is 10.2 Å². The first kappa shape index (κ1) is 28.7. The van der Waals surface area contributed by atoms with Crippen molar-refractivity contribution in [1.29, 1.82) is 0 Å². The number of sulfonamides is 1. The van der Waals surface area contributed by atoms with Gasteiger partial charge >= 0.3 is 0 Å². The van der Waals surface area contributed by atoms with Gasteiger partial charge in [0.2, 0.25) is 21.8 Å². The summed E-state index contributed by atoms with van der Waals surface area (Å²) in [6.45, 7) is 9.18. The Balaban J connectivity index is 2.46. The smallest absolute Gasteiger partial charge is 0.244 e. The summed E-state index contributed by atoms with van der Waals surface area (Å²) >= 11 is 6.05. The van der Waals surface area contributed by atoms with Crippen molar-refractivity contribution in [3.05, 3.63) is 64.2 Å². The highest BCUT2D eigenvalue weighted by molar-refractivity contribution is 7.92. The fraction of sp³-hybridized carbons (Fsp3) is 0.462. The van der Waals surface area contributed by atoms with Crippen LogP contribution in [0.4, 0.5) is 5.69 Å². The second-order valence-corrected chi connectivity index (χ2v) is 11.3. The van der Waals surface area contributed by atoms with Crippen molar-refractivity contribution in [2.24, 2.45) is 0 Å². The van der Waals surface area contributed by atoms with Crippen molar-refractivity contribution in [2.45, 2.75) is 66.1 Å². The highest BCUT2D eigenvalue weighted by Crippen LogP contribution is 2.26. The number of carbonyl (C=O) groups excluding carboxylic acids is 2. The number of rotatable bonds is 11. The number of halogens is 1. The van der Waals surface area contributed by atoms with Crippen LogP contribution in [0.2, 0.25) is 5.02 Å². The van der Waals surface area contributed by atoms with Gasteiger partial charge in [-0.05, 0) is 62.9 Å². The molecule has 2 rings (SSSR count). The Labute approximate surface area is 214 Å². The number of anilines is 1. The van der Waals surface area contributed by atoms with E-state index in [0.717, 1.165) is 28.1 Å². The molecule has 2 aromatic carbocycles. The van der Waals surface area contributed by atoms with Gasteiger partial charge in [0.25, 0.3) is 0 Å². The normalized spacial score (nSPS) is 13.1. The quantitative estimate of drug-likeness (QED) is 0.473. The van der Waals surface area contributed by atoms with E-state index in [1.807, 2.05) is 52.0 Å². The number of amides is 2. The van der Waals surface area contributed by atoms with Gasteiger partial charge in [-0.25, -0.2) is 8.42 Å². The molecule has 0 fully saturated rings. The third-order valence-corrected chi connectivity index (χ3v) is 7.33. The lowest BCUT2D eigenvalue weighted by Crippen LogP contribution is -2.53. The third-order valence-electron chi connectivity index (χ3n) is 5.97. The summed E-state index contributed by atoms with van der Waals surface area (Å²) in [5.74, 6) is -0.715. The molecule has 0 bridgehead atoms. The predicted octanol–water partition coefficient (Wildman–Crippen LogP) is 4.44. The van der Waals surface area contributed by atoms with Crippen LogP contribution in [0.1, 0.15) is 50.3 Å². The van der Waals surface area contributed by atoms with Gasteiger partial charge in [-0.15, -0.1) is 0 Å². The molecule has 9 heteroatoms. The Bertz CT molecular complexity index is 1140. The fourth-order valence-electron chi connectivity index (χ4n) is 3.74. The SMILES string of the molecule is CCC(C)NC(=O)C(CC)N(Cc1ccc(C)cc1)C(=O)CN(c1ccc(Cl)cc1C)S(C)(=O)=O. The van der Waals surface area contributed by atoms with Crippen molar-refractivity contribution in [1.82, 2.24) is 10.2 Å². The number of hydrogen-bond acceptors (Lipinski definition) is 4. The van der Waals surface area contributed by atoms with E-state index in [0.29, 0.717) is 22.7 Å². The fourth-order valence-corrected chi connectivity index (χ4v) is 4.88. The summed E-state index contributed by atoms with van der Waals surface area (Å²) in [5.41, 5.74) is 2.93. The Kier molecular flexibility index (Phi) is 10.2. The standard InChI is InChI=1S/C26H36ClN3O4S/c1-7-20(5)28-26(32)23(8-2)29(16-21-11-9-18(3)10-12-21)25(31)17-30(35(6,33)34)24-14-13-22(27)15-19(24)4/h9-15,20,23H,7-8,16-17H2,1-6H3,(H,28,32). The molecule has 2 aromatic rings. The van der Waals surface area contributed by atoms with Crippen molar-refractivity contribution in [2.75, 3.05) is 17.1 Å². The topological polar surface area (TPSA) is 86.8 Å². The van der Waals surface area contributed by atoms with E-state index in [1.165, 1.54) is 4.90 Å². The van der Waals surface area contributed by atoms with Gasteiger partial charge in [-0.1, -0.05) is 55.3 Å². The van der Waals surface area contributed by atoms with Crippen LogP contribution in [0.15, 0.2) is 42.5 Å². The van der Waals surface area contributed by atoms with E-state index in [9.17, 15) is 18.0 Å². The van der Waals surface area contributed by atoms with Crippen LogP contribution in [-0.2, 0) is 26.2 Å². The van der Waals surface area contributed by atoms with Crippen LogP contribution in [0.25, 0.3) is 0 Å². The van der Waals surface area contributed by atoms with E-state index in [4.69, 9.17) is 11.6 Å². The van der Waals surface area contributed by atoms with Crippen LogP contribution in [0.5, 0.6) is 0 Å². The van der Waals surface area contributed by atoms with Crippen LogP contribution < -0.4 is 9.62 Å². The summed E-state index contributed by atoms with van der Waals surface area (Å²) in [6.07, 6.45) is 2.20. The number of benzene rings is 2. The number of carbonyl (C=O) groups is 2. The van der Waals surface area contributed by atoms with E-state index in [-0.39, 0.29) is 18.5 Å². The van der Waals surface area contributed by atoms with E-state index in [2.05, 4.69) is 5.32 Å². The summed E-state index contributed by atoms with van der Waals surface area (Å²) < 4.78 is 26.5. The Morgan fingerprint density at radius 3 is 2.17 bits per heavy atom. The minimum absolute atomic E-state index is 0.0443. The minimum atomic E-state index is -3.79. The van der Waals surface area contributed by atoms with E-state index < -0.39 is 28.5 Å². The van der Waals surface area contributed by atoms with Gasteiger partial charge in [-0.2, -0.15) is 0 Å². The van der Waals surface area contributed by atoms with Gasteiger partial charge in [0.05, 0.1) is 11.9 Å². The van der Waals surface area contributed by atoms with Gasteiger partial charge in [0.1, 0.15) is 12.6 Å². The third kappa shape index (κ3) is 7.97. The molecule has 2 unspecified atom stereocenters. The second-order valence-electron chi connectivity index (χ2n) is 8.95. The predicted molar refractivity (Wildman–Crippen MR) is 142 cm³/mol.